The Balaban J connectivity index is 2.46. The van der Waals surface area contributed by atoms with Crippen molar-refractivity contribution in [3.05, 3.63) is 0 Å². The van der Waals surface area contributed by atoms with Gasteiger partial charge in [-0.1, -0.05) is 39.5 Å². The number of hydrogen-bond donors (Lipinski definition) is 3. The molecule has 2 amide bonds. The monoisotopic (exact) mass is 284 g/mol. The number of amides is 2. The van der Waals surface area contributed by atoms with Crippen molar-refractivity contribution in [2.45, 2.75) is 71.4 Å². The molecule has 3 N–H and O–H groups in total. The largest absolute Gasteiger partial charge is 0.480 e. The first kappa shape index (κ1) is 16.8. The molecular formula is C15H28N2O3. The molecule has 0 saturated heterocycles. The van der Waals surface area contributed by atoms with Crippen LogP contribution in [0.4, 0.5) is 4.79 Å². The zero-order valence-electron chi connectivity index (χ0n) is 12.8. The SMILES string of the molecule is CCC(C)[C@H](NC(=O)NC(C)C1CCCCC1)C(=O)O. The molecule has 1 saturated carbocycles. The number of rotatable bonds is 6. The number of carbonyl (C=O) groups excluding carboxylic acids is 1. The summed E-state index contributed by atoms with van der Waals surface area (Å²) in [6.07, 6.45) is 6.75. The summed E-state index contributed by atoms with van der Waals surface area (Å²) < 4.78 is 0. The van der Waals surface area contributed by atoms with E-state index in [1.165, 1.54) is 19.3 Å². The molecule has 5 nitrogen and oxygen atoms in total. The minimum atomic E-state index is -0.972. The molecule has 5 heteroatoms. The first-order valence-corrected chi connectivity index (χ1v) is 7.75. The van der Waals surface area contributed by atoms with Gasteiger partial charge < -0.3 is 15.7 Å². The van der Waals surface area contributed by atoms with Crippen LogP contribution in [0.15, 0.2) is 0 Å². The number of hydrogen-bond acceptors (Lipinski definition) is 2. The first-order valence-electron chi connectivity index (χ1n) is 7.75. The van der Waals surface area contributed by atoms with E-state index in [-0.39, 0.29) is 18.0 Å². The van der Waals surface area contributed by atoms with E-state index in [2.05, 4.69) is 10.6 Å². The van der Waals surface area contributed by atoms with Crippen LogP contribution in [-0.4, -0.2) is 29.2 Å². The fraction of sp³-hybridized carbons (Fsp3) is 0.867. The Morgan fingerprint density at radius 3 is 2.25 bits per heavy atom. The van der Waals surface area contributed by atoms with Crippen molar-refractivity contribution < 1.29 is 14.7 Å². The highest BCUT2D eigenvalue weighted by atomic mass is 16.4. The maximum absolute atomic E-state index is 11.9. The minimum Gasteiger partial charge on any atom is -0.480 e. The third kappa shape index (κ3) is 5.02. The van der Waals surface area contributed by atoms with Gasteiger partial charge >= 0.3 is 12.0 Å². The van der Waals surface area contributed by atoms with E-state index >= 15 is 0 Å². The van der Waals surface area contributed by atoms with Crippen molar-refractivity contribution in [1.29, 1.82) is 0 Å². The van der Waals surface area contributed by atoms with Gasteiger partial charge in [0.15, 0.2) is 0 Å². The number of aliphatic carboxylic acids is 1. The summed E-state index contributed by atoms with van der Waals surface area (Å²) in [5, 5.41) is 14.7. The van der Waals surface area contributed by atoms with Crippen LogP contribution < -0.4 is 10.6 Å². The molecule has 1 fully saturated rings. The lowest BCUT2D eigenvalue weighted by Crippen LogP contribution is -2.52. The van der Waals surface area contributed by atoms with Gasteiger partial charge in [0.2, 0.25) is 0 Å². The Bertz CT molecular complexity index is 327. The lowest BCUT2D eigenvalue weighted by atomic mass is 9.84. The number of carboxylic acids is 1. The highest BCUT2D eigenvalue weighted by Crippen LogP contribution is 2.26. The molecule has 0 bridgehead atoms. The summed E-state index contributed by atoms with van der Waals surface area (Å²) in [5.41, 5.74) is 0. The van der Waals surface area contributed by atoms with E-state index in [9.17, 15) is 9.59 Å². The molecule has 1 aliphatic carbocycles. The summed E-state index contributed by atoms with van der Waals surface area (Å²) in [6.45, 7) is 5.77. The van der Waals surface area contributed by atoms with Gasteiger partial charge in [-0.2, -0.15) is 0 Å². The molecule has 0 aromatic rings. The highest BCUT2D eigenvalue weighted by molar-refractivity contribution is 5.82. The zero-order chi connectivity index (χ0) is 15.1. The number of carboxylic acid groups (broad SMARTS) is 1. The van der Waals surface area contributed by atoms with E-state index in [1.54, 1.807) is 0 Å². The van der Waals surface area contributed by atoms with Crippen LogP contribution in [0.1, 0.15) is 59.3 Å². The van der Waals surface area contributed by atoms with Crippen molar-refractivity contribution in [2.75, 3.05) is 0 Å². The zero-order valence-corrected chi connectivity index (χ0v) is 12.8. The maximum Gasteiger partial charge on any atom is 0.326 e. The number of carbonyl (C=O) groups is 2. The number of nitrogens with one attached hydrogen (secondary N) is 2. The average Bonchev–Trinajstić information content (AvgIpc) is 2.44. The Morgan fingerprint density at radius 1 is 1.15 bits per heavy atom. The molecule has 0 aromatic heterocycles. The third-order valence-electron chi connectivity index (χ3n) is 4.48. The smallest absolute Gasteiger partial charge is 0.326 e. The van der Waals surface area contributed by atoms with Crippen molar-refractivity contribution in [1.82, 2.24) is 10.6 Å². The predicted molar refractivity (Wildman–Crippen MR) is 78.6 cm³/mol. The Kier molecular flexibility index (Phi) is 6.82. The van der Waals surface area contributed by atoms with E-state index in [4.69, 9.17) is 5.11 Å². The molecule has 0 aliphatic heterocycles. The first-order chi connectivity index (χ1) is 9.45. The molecule has 0 spiro atoms. The maximum atomic E-state index is 11.9. The lowest BCUT2D eigenvalue weighted by Gasteiger charge is -2.29. The molecule has 0 radical (unpaired) electrons. The molecule has 116 valence electrons. The summed E-state index contributed by atoms with van der Waals surface area (Å²) in [5.74, 6) is -0.538. The van der Waals surface area contributed by atoms with E-state index < -0.39 is 12.0 Å². The van der Waals surface area contributed by atoms with Crippen LogP contribution >= 0.6 is 0 Å². The predicted octanol–water partition coefficient (Wildman–Crippen LogP) is 2.75. The van der Waals surface area contributed by atoms with Gasteiger partial charge in [-0.05, 0) is 31.6 Å². The Morgan fingerprint density at radius 2 is 1.75 bits per heavy atom. The van der Waals surface area contributed by atoms with Crippen LogP contribution in [0, 0.1) is 11.8 Å². The second-order valence-corrected chi connectivity index (χ2v) is 6.01. The summed E-state index contributed by atoms with van der Waals surface area (Å²) in [6, 6.07) is -1.09. The van der Waals surface area contributed by atoms with Gasteiger partial charge in [-0.25, -0.2) is 9.59 Å². The fourth-order valence-corrected chi connectivity index (χ4v) is 2.82. The molecule has 3 atom stereocenters. The van der Waals surface area contributed by atoms with E-state index in [0.717, 1.165) is 19.3 Å². The standard InChI is InChI=1S/C15H28N2O3/c1-4-10(2)13(14(18)19)17-15(20)16-11(3)12-8-6-5-7-9-12/h10-13H,4-9H2,1-3H3,(H,18,19)(H2,16,17,20)/t10?,11?,13-/m0/s1. The second kappa shape index (κ2) is 8.12. The fourth-order valence-electron chi connectivity index (χ4n) is 2.82. The molecule has 2 unspecified atom stereocenters. The van der Waals surface area contributed by atoms with Crippen molar-refractivity contribution in [3.63, 3.8) is 0 Å². The van der Waals surface area contributed by atoms with Gasteiger partial charge in [-0.3, -0.25) is 0 Å². The quantitative estimate of drug-likeness (QED) is 0.701. The molecule has 1 aliphatic rings. The molecule has 1 rings (SSSR count). The average molecular weight is 284 g/mol. The van der Waals surface area contributed by atoms with Crippen LogP contribution in [-0.2, 0) is 4.79 Å². The molecule has 0 heterocycles. The normalized spacial score (nSPS) is 20.8. The van der Waals surface area contributed by atoms with Crippen molar-refractivity contribution in [2.24, 2.45) is 11.8 Å². The van der Waals surface area contributed by atoms with Gasteiger partial charge in [-0.15, -0.1) is 0 Å². The van der Waals surface area contributed by atoms with Crippen molar-refractivity contribution >= 4 is 12.0 Å². The lowest BCUT2D eigenvalue weighted by molar-refractivity contribution is -0.140. The van der Waals surface area contributed by atoms with Crippen LogP contribution in [0.5, 0.6) is 0 Å². The Labute approximate surface area is 121 Å². The van der Waals surface area contributed by atoms with Crippen molar-refractivity contribution in [3.8, 4) is 0 Å². The van der Waals surface area contributed by atoms with E-state index in [1.807, 2.05) is 20.8 Å². The minimum absolute atomic E-state index is 0.0803. The van der Waals surface area contributed by atoms with Gasteiger partial charge in [0, 0.05) is 6.04 Å². The van der Waals surface area contributed by atoms with Crippen LogP contribution in [0.3, 0.4) is 0 Å². The molecule has 20 heavy (non-hydrogen) atoms. The van der Waals surface area contributed by atoms with Gasteiger partial charge in [0.25, 0.3) is 0 Å². The Hall–Kier alpha value is -1.26. The summed E-state index contributed by atoms with van der Waals surface area (Å²) >= 11 is 0. The van der Waals surface area contributed by atoms with Gasteiger partial charge in [0.1, 0.15) is 6.04 Å². The molecule has 0 aromatic carbocycles. The van der Waals surface area contributed by atoms with E-state index in [0.29, 0.717) is 5.92 Å². The third-order valence-corrected chi connectivity index (χ3v) is 4.48. The second-order valence-electron chi connectivity index (χ2n) is 6.01. The van der Waals surface area contributed by atoms with Gasteiger partial charge in [0.05, 0.1) is 0 Å². The summed E-state index contributed by atoms with van der Waals surface area (Å²) in [7, 11) is 0. The highest BCUT2D eigenvalue weighted by Gasteiger charge is 2.27. The number of urea groups is 1. The van der Waals surface area contributed by atoms with Crippen LogP contribution in [0.2, 0.25) is 0 Å². The van der Waals surface area contributed by atoms with Crippen LogP contribution in [0.25, 0.3) is 0 Å². The topological polar surface area (TPSA) is 78.4 Å². The molecular weight excluding hydrogens is 256 g/mol. The summed E-state index contributed by atoms with van der Waals surface area (Å²) in [4.78, 5) is 23.1.